The number of para-hydroxylation sites is 1. The summed E-state index contributed by atoms with van der Waals surface area (Å²) in [6.45, 7) is 4.63. The molecule has 0 heterocycles. The van der Waals surface area contributed by atoms with Crippen LogP contribution in [-0.2, 0) is 0 Å². The van der Waals surface area contributed by atoms with Crippen LogP contribution in [0.1, 0.15) is 20.3 Å². The normalized spacial score (nSPS) is 24.5. The molecule has 2 rings (SSSR count). The number of nitrogens with zero attached hydrogens (tertiary/aromatic N) is 1. The Bertz CT molecular complexity index is 461. The molecule has 3 nitrogen and oxygen atoms in total. The van der Waals surface area contributed by atoms with Gasteiger partial charge in [0.2, 0.25) is 0 Å². The number of likely N-dealkylation sites (N-methyl/N-ethyl adjacent to an activating group) is 1. The summed E-state index contributed by atoms with van der Waals surface area (Å²) in [6, 6.07) is 9.54. The Balaban J connectivity index is 0.00000200. The molecule has 0 amide bonds. The lowest BCUT2D eigenvalue weighted by atomic mass is 9.88. The molecule has 0 bridgehead atoms. The van der Waals surface area contributed by atoms with Crippen molar-refractivity contribution in [1.29, 1.82) is 0 Å². The summed E-state index contributed by atoms with van der Waals surface area (Å²) in [5.74, 6) is 0.761. The molecule has 1 N–H and O–H groups in total. The van der Waals surface area contributed by atoms with Gasteiger partial charge >= 0.3 is 0 Å². The van der Waals surface area contributed by atoms with Crippen molar-refractivity contribution in [3.05, 3.63) is 54.6 Å². The second kappa shape index (κ2) is 7.48. The molecule has 20 heavy (non-hydrogen) atoms. The van der Waals surface area contributed by atoms with Gasteiger partial charge in [0.05, 0.1) is 0 Å². The molecular weight excluding hydrogens is 274 g/mol. The van der Waals surface area contributed by atoms with Crippen LogP contribution in [0, 0.1) is 5.92 Å². The molecule has 110 valence electrons. The van der Waals surface area contributed by atoms with E-state index in [9.17, 15) is 5.11 Å². The van der Waals surface area contributed by atoms with Crippen molar-refractivity contribution >= 4 is 12.4 Å². The molecule has 4 heteroatoms. The summed E-state index contributed by atoms with van der Waals surface area (Å²) >= 11 is 0. The number of hydrogen-bond acceptors (Lipinski definition) is 3. The molecule has 0 saturated carbocycles. The predicted molar refractivity (Wildman–Crippen MR) is 83.7 cm³/mol. The average molecular weight is 296 g/mol. The van der Waals surface area contributed by atoms with E-state index in [1.165, 1.54) is 0 Å². The Morgan fingerprint density at radius 1 is 1.20 bits per heavy atom. The lowest BCUT2D eigenvalue weighted by Crippen LogP contribution is -2.54. The fourth-order valence-electron chi connectivity index (χ4n) is 2.36. The predicted octanol–water partition coefficient (Wildman–Crippen LogP) is 3.56. The number of allylic oxidation sites excluding steroid dienone is 2. The van der Waals surface area contributed by atoms with Gasteiger partial charge in [-0.2, -0.15) is 0 Å². The van der Waals surface area contributed by atoms with E-state index < -0.39 is 5.72 Å². The topological polar surface area (TPSA) is 32.7 Å². The van der Waals surface area contributed by atoms with Crippen molar-refractivity contribution in [2.45, 2.75) is 26.0 Å². The summed E-state index contributed by atoms with van der Waals surface area (Å²) < 4.78 is 0. The summed E-state index contributed by atoms with van der Waals surface area (Å²) in [6.07, 6.45) is 8.51. The van der Waals surface area contributed by atoms with Crippen LogP contribution in [0.4, 0.5) is 0 Å². The Morgan fingerprint density at radius 2 is 1.90 bits per heavy atom. The molecule has 0 aromatic heterocycles. The maximum atomic E-state index is 10.9. The van der Waals surface area contributed by atoms with E-state index in [2.05, 4.69) is 6.92 Å². The first kappa shape index (κ1) is 16.8. The molecule has 0 saturated heterocycles. The zero-order valence-electron chi connectivity index (χ0n) is 11.9. The highest BCUT2D eigenvalue weighted by Gasteiger charge is 2.40. The smallest absolute Gasteiger partial charge is 0.176 e. The number of aliphatic hydroxyl groups is 1. The molecule has 0 radical (unpaired) electrons. The lowest BCUT2D eigenvalue weighted by molar-refractivity contribution is -0.231. The molecule has 0 spiro atoms. The molecule has 0 aliphatic heterocycles. The van der Waals surface area contributed by atoms with Gasteiger partial charge in [-0.25, -0.2) is 0 Å². The van der Waals surface area contributed by atoms with E-state index in [1.54, 1.807) is 11.1 Å². The van der Waals surface area contributed by atoms with Crippen molar-refractivity contribution in [3.8, 4) is 5.75 Å². The largest absolute Gasteiger partial charge is 0.403 e. The van der Waals surface area contributed by atoms with E-state index in [-0.39, 0.29) is 18.3 Å². The summed E-state index contributed by atoms with van der Waals surface area (Å²) in [5.41, 5.74) is -1.09. The van der Waals surface area contributed by atoms with Crippen molar-refractivity contribution in [2.75, 3.05) is 6.54 Å². The number of rotatable bonds is 5. The Kier molecular flexibility index (Phi) is 6.27. The van der Waals surface area contributed by atoms with Crippen molar-refractivity contribution in [1.82, 2.24) is 5.06 Å². The fourth-order valence-corrected chi connectivity index (χ4v) is 2.36. The van der Waals surface area contributed by atoms with Gasteiger partial charge in [-0.3, -0.25) is 0 Å². The molecule has 1 aromatic carbocycles. The highest BCUT2D eigenvalue weighted by molar-refractivity contribution is 5.85. The maximum Gasteiger partial charge on any atom is 0.176 e. The third kappa shape index (κ3) is 3.42. The van der Waals surface area contributed by atoms with Gasteiger partial charge < -0.3 is 9.94 Å². The summed E-state index contributed by atoms with van der Waals surface area (Å²) in [4.78, 5) is 5.84. The molecule has 1 aliphatic carbocycles. The SMILES string of the molecule is CCC1C=CC=CC1(O)N(CC)Oc1ccccc1.Cl. The second-order valence-electron chi connectivity index (χ2n) is 4.64. The number of halogens is 1. The molecular formula is C16H22ClNO2. The van der Waals surface area contributed by atoms with Crippen LogP contribution in [0.5, 0.6) is 5.75 Å². The van der Waals surface area contributed by atoms with Gasteiger partial charge in [-0.15, -0.1) is 17.5 Å². The van der Waals surface area contributed by atoms with E-state index in [0.717, 1.165) is 12.2 Å². The summed E-state index contributed by atoms with van der Waals surface area (Å²) in [7, 11) is 0. The van der Waals surface area contributed by atoms with Crippen LogP contribution in [0.25, 0.3) is 0 Å². The van der Waals surface area contributed by atoms with Crippen LogP contribution in [0.15, 0.2) is 54.6 Å². The quantitative estimate of drug-likeness (QED) is 0.666. The number of hydroxylamine groups is 2. The van der Waals surface area contributed by atoms with Crippen LogP contribution in [0.2, 0.25) is 0 Å². The van der Waals surface area contributed by atoms with Crippen molar-refractivity contribution < 1.29 is 9.94 Å². The van der Waals surface area contributed by atoms with E-state index in [1.807, 2.05) is 55.5 Å². The van der Waals surface area contributed by atoms with E-state index in [4.69, 9.17) is 4.84 Å². The van der Waals surface area contributed by atoms with Gasteiger partial charge in [0.25, 0.3) is 0 Å². The van der Waals surface area contributed by atoms with E-state index in [0.29, 0.717) is 6.54 Å². The van der Waals surface area contributed by atoms with Crippen molar-refractivity contribution in [2.24, 2.45) is 5.92 Å². The maximum absolute atomic E-state index is 10.9. The zero-order valence-corrected chi connectivity index (χ0v) is 12.7. The number of hydrogen-bond donors (Lipinski definition) is 1. The van der Waals surface area contributed by atoms with Crippen molar-refractivity contribution in [3.63, 3.8) is 0 Å². The first-order valence-electron chi connectivity index (χ1n) is 6.79. The molecule has 1 aliphatic rings. The monoisotopic (exact) mass is 295 g/mol. The average Bonchev–Trinajstić information content (AvgIpc) is 2.46. The van der Waals surface area contributed by atoms with Gasteiger partial charge in [0.1, 0.15) is 5.75 Å². The Hall–Kier alpha value is -1.29. The van der Waals surface area contributed by atoms with Gasteiger partial charge in [-0.05, 0) is 31.6 Å². The highest BCUT2D eigenvalue weighted by atomic mass is 35.5. The highest BCUT2D eigenvalue weighted by Crippen LogP contribution is 2.31. The molecule has 2 unspecified atom stereocenters. The van der Waals surface area contributed by atoms with Crippen LogP contribution >= 0.6 is 12.4 Å². The zero-order chi connectivity index (χ0) is 13.7. The van der Waals surface area contributed by atoms with Gasteiger partial charge in [-0.1, -0.05) is 43.4 Å². The molecule has 2 atom stereocenters. The Morgan fingerprint density at radius 3 is 2.50 bits per heavy atom. The fraction of sp³-hybridized carbons (Fsp3) is 0.375. The van der Waals surface area contributed by atoms with Crippen LogP contribution < -0.4 is 4.84 Å². The van der Waals surface area contributed by atoms with Gasteiger partial charge in [0, 0.05) is 12.5 Å². The first-order valence-corrected chi connectivity index (χ1v) is 6.79. The number of benzene rings is 1. The summed E-state index contributed by atoms with van der Waals surface area (Å²) in [5, 5.41) is 12.6. The van der Waals surface area contributed by atoms with Gasteiger partial charge in [0.15, 0.2) is 5.72 Å². The molecule has 0 fully saturated rings. The van der Waals surface area contributed by atoms with Crippen LogP contribution in [0.3, 0.4) is 0 Å². The first-order chi connectivity index (χ1) is 9.20. The lowest BCUT2D eigenvalue weighted by Gasteiger charge is -2.41. The van der Waals surface area contributed by atoms with Crippen LogP contribution in [-0.4, -0.2) is 22.4 Å². The molecule has 1 aromatic rings. The minimum Gasteiger partial charge on any atom is -0.403 e. The van der Waals surface area contributed by atoms with E-state index >= 15 is 0 Å². The standard InChI is InChI=1S/C16H21NO2.ClH/c1-3-14-10-8-9-13-16(14,18)17(4-2)19-15-11-6-5-7-12-15;/h5-14,18H,3-4H2,1-2H3;1H. The minimum atomic E-state index is -1.09. The Labute approximate surface area is 126 Å². The second-order valence-corrected chi connectivity index (χ2v) is 4.64. The minimum absolute atomic E-state index is 0. The third-order valence-electron chi connectivity index (χ3n) is 3.43. The third-order valence-corrected chi connectivity index (χ3v) is 3.43.